The Morgan fingerprint density at radius 1 is 1.17 bits per heavy atom. The van der Waals surface area contributed by atoms with E-state index in [-0.39, 0.29) is 12.3 Å². The van der Waals surface area contributed by atoms with E-state index in [1.54, 1.807) is 41.2 Å². The lowest BCUT2D eigenvalue weighted by Gasteiger charge is -2.21. The number of benzene rings is 1. The van der Waals surface area contributed by atoms with Crippen molar-refractivity contribution in [3.8, 4) is 23.1 Å². The lowest BCUT2D eigenvalue weighted by Crippen LogP contribution is -2.31. The number of anilines is 2. The highest BCUT2D eigenvalue weighted by Crippen LogP contribution is 2.28. The van der Waals surface area contributed by atoms with Crippen molar-refractivity contribution in [2.24, 2.45) is 0 Å². The zero-order valence-electron chi connectivity index (χ0n) is 19.7. The number of methoxy groups -OCH3 is 2. The summed E-state index contributed by atoms with van der Waals surface area (Å²) >= 11 is 0. The number of aromatic nitrogens is 3. The molecular weight excluding hydrogens is 467 g/mol. The third-order valence-electron chi connectivity index (χ3n) is 5.43. The van der Waals surface area contributed by atoms with Crippen molar-refractivity contribution < 1.29 is 23.5 Å². The minimum absolute atomic E-state index is 0.0376. The smallest absolute Gasteiger partial charge is 0.412 e. The third-order valence-corrected chi connectivity index (χ3v) is 5.43. The first-order valence-electron chi connectivity index (χ1n) is 10.7. The number of hydrogen-bond acceptors (Lipinski definition) is 7. The van der Waals surface area contributed by atoms with E-state index >= 15 is 0 Å². The molecule has 4 aromatic rings. The predicted octanol–water partition coefficient (Wildman–Crippen LogP) is 4.20. The number of halogens is 1. The van der Waals surface area contributed by atoms with Crippen molar-refractivity contribution in [2.45, 2.75) is 6.92 Å². The van der Waals surface area contributed by atoms with Crippen LogP contribution in [0.1, 0.15) is 15.9 Å². The first-order valence-corrected chi connectivity index (χ1v) is 10.7. The molecule has 36 heavy (non-hydrogen) atoms. The van der Waals surface area contributed by atoms with Crippen molar-refractivity contribution >= 4 is 29.2 Å². The maximum Gasteiger partial charge on any atom is 0.412 e. The molecule has 0 bridgehead atoms. The van der Waals surface area contributed by atoms with Crippen LogP contribution in [0.4, 0.5) is 20.7 Å². The molecule has 11 heteroatoms. The average molecular weight is 488 g/mol. The molecule has 0 fully saturated rings. The number of rotatable bonds is 6. The highest BCUT2D eigenvalue weighted by molar-refractivity contribution is 6.06. The van der Waals surface area contributed by atoms with Crippen molar-refractivity contribution in [3.05, 3.63) is 71.9 Å². The molecule has 182 valence electrons. The second-order valence-corrected chi connectivity index (χ2v) is 7.67. The minimum atomic E-state index is -0.635. The molecule has 0 radical (unpaired) electrons. The van der Waals surface area contributed by atoms with Gasteiger partial charge < -0.3 is 9.47 Å². The van der Waals surface area contributed by atoms with Gasteiger partial charge in [-0.15, -0.1) is 0 Å². The normalized spacial score (nSPS) is 10.5. The molecule has 1 N–H and O–H groups in total. The van der Waals surface area contributed by atoms with Crippen LogP contribution < -0.4 is 15.0 Å². The Labute approximate surface area is 205 Å². The Hall–Kier alpha value is -4.98. The van der Waals surface area contributed by atoms with Gasteiger partial charge in [0.2, 0.25) is 0 Å². The molecule has 4 rings (SSSR count). The van der Waals surface area contributed by atoms with E-state index in [9.17, 15) is 19.2 Å². The van der Waals surface area contributed by atoms with Crippen molar-refractivity contribution in [1.82, 2.24) is 14.4 Å². The van der Waals surface area contributed by atoms with Crippen molar-refractivity contribution in [3.63, 3.8) is 0 Å². The molecule has 0 aliphatic carbocycles. The van der Waals surface area contributed by atoms with Crippen LogP contribution in [0.3, 0.4) is 0 Å². The van der Waals surface area contributed by atoms with Crippen LogP contribution in [0.5, 0.6) is 5.75 Å². The second-order valence-electron chi connectivity index (χ2n) is 7.67. The van der Waals surface area contributed by atoms with Gasteiger partial charge in [0.15, 0.2) is 11.6 Å². The van der Waals surface area contributed by atoms with E-state index in [1.807, 2.05) is 13.0 Å². The quantitative estimate of drug-likeness (QED) is 0.404. The lowest BCUT2D eigenvalue weighted by molar-refractivity contribution is 0.0989. The molecule has 0 saturated carbocycles. The Bertz CT molecular complexity index is 1490. The van der Waals surface area contributed by atoms with Crippen molar-refractivity contribution in [1.29, 1.82) is 5.26 Å². The average Bonchev–Trinajstić information content (AvgIpc) is 3.32. The molecule has 0 aliphatic heterocycles. The van der Waals surface area contributed by atoms with Gasteiger partial charge in [-0.05, 0) is 42.8 Å². The third kappa shape index (κ3) is 4.65. The van der Waals surface area contributed by atoms with E-state index in [0.717, 1.165) is 5.56 Å². The summed E-state index contributed by atoms with van der Waals surface area (Å²) in [6.07, 6.45) is 4.20. The number of carbonyl (C=O) groups is 2. The highest BCUT2D eigenvalue weighted by Gasteiger charge is 2.21. The summed E-state index contributed by atoms with van der Waals surface area (Å²) in [4.78, 5) is 34.8. The van der Waals surface area contributed by atoms with Crippen LogP contribution in [-0.2, 0) is 4.74 Å². The van der Waals surface area contributed by atoms with Gasteiger partial charge in [0, 0.05) is 29.7 Å². The van der Waals surface area contributed by atoms with E-state index in [4.69, 9.17) is 4.74 Å². The number of amides is 2. The predicted molar refractivity (Wildman–Crippen MR) is 129 cm³/mol. The fraction of sp³-hybridized carbons (Fsp3) is 0.160. The number of imidazole rings is 1. The largest absolute Gasteiger partial charge is 0.494 e. The van der Waals surface area contributed by atoms with E-state index in [0.29, 0.717) is 34.0 Å². The molecule has 2 amide bonds. The van der Waals surface area contributed by atoms with Crippen LogP contribution in [0.25, 0.3) is 16.9 Å². The van der Waals surface area contributed by atoms with Gasteiger partial charge in [-0.3, -0.25) is 19.4 Å². The van der Waals surface area contributed by atoms with Crippen LogP contribution in [0, 0.1) is 24.1 Å². The van der Waals surface area contributed by atoms with Crippen molar-refractivity contribution in [2.75, 3.05) is 31.0 Å². The Balaban J connectivity index is 1.73. The first kappa shape index (κ1) is 24.2. The van der Waals surface area contributed by atoms with E-state index in [1.165, 1.54) is 37.3 Å². The number of fused-ring (bicyclic) bond motifs is 1. The lowest BCUT2D eigenvalue weighted by atomic mass is 10.1. The van der Waals surface area contributed by atoms with Gasteiger partial charge in [-0.1, -0.05) is 0 Å². The Morgan fingerprint density at radius 2 is 1.97 bits per heavy atom. The number of nitrogens with one attached hydrogen (secondary N) is 1. The molecular formula is C25H21FN6O4. The van der Waals surface area contributed by atoms with Gasteiger partial charge in [0.05, 0.1) is 37.7 Å². The molecule has 0 unspecified atom stereocenters. The summed E-state index contributed by atoms with van der Waals surface area (Å²) in [6, 6.07) is 11.0. The number of pyridine rings is 2. The fourth-order valence-corrected chi connectivity index (χ4v) is 3.69. The maximum absolute atomic E-state index is 13.9. The number of nitrogens with zero attached hydrogens (tertiary/aromatic N) is 5. The monoisotopic (exact) mass is 488 g/mol. The molecule has 0 saturated heterocycles. The SMILES string of the molecule is COC(=O)Nc1ccc(-c2cnc3c(C)cc(C(=O)N(CC#N)c4ccc(F)c(OC)c4)cn23)cn1. The van der Waals surface area contributed by atoms with E-state index in [2.05, 4.69) is 20.0 Å². The topological polar surface area (TPSA) is 122 Å². The number of carbonyl (C=O) groups excluding carboxylic acids is 2. The summed E-state index contributed by atoms with van der Waals surface area (Å²) < 4.78 is 25.2. The maximum atomic E-state index is 13.9. The summed E-state index contributed by atoms with van der Waals surface area (Å²) in [5.41, 5.74) is 3.34. The molecule has 3 aromatic heterocycles. The molecule has 0 spiro atoms. The van der Waals surface area contributed by atoms with Gasteiger partial charge in [0.25, 0.3) is 5.91 Å². The van der Waals surface area contributed by atoms with Gasteiger partial charge in [-0.2, -0.15) is 5.26 Å². The number of aryl methyl sites for hydroxylation is 1. The summed E-state index contributed by atoms with van der Waals surface area (Å²) in [5, 5.41) is 11.8. The molecule has 0 aliphatic rings. The Kier molecular flexibility index (Phi) is 6.78. The molecule has 0 atom stereocenters. The molecule has 3 heterocycles. The fourth-order valence-electron chi connectivity index (χ4n) is 3.69. The number of hydrogen-bond donors (Lipinski definition) is 1. The van der Waals surface area contributed by atoms with Crippen LogP contribution in [-0.4, -0.2) is 47.1 Å². The van der Waals surface area contributed by atoms with Gasteiger partial charge >= 0.3 is 6.09 Å². The summed E-state index contributed by atoms with van der Waals surface area (Å²) in [6.45, 7) is 1.57. The van der Waals surface area contributed by atoms with Gasteiger partial charge in [-0.25, -0.2) is 19.2 Å². The first-order chi connectivity index (χ1) is 17.4. The highest BCUT2D eigenvalue weighted by atomic mass is 19.1. The summed E-state index contributed by atoms with van der Waals surface area (Å²) in [7, 11) is 2.58. The zero-order chi connectivity index (χ0) is 25.8. The summed E-state index contributed by atoms with van der Waals surface area (Å²) in [5.74, 6) is -0.754. The van der Waals surface area contributed by atoms with Gasteiger partial charge in [0.1, 0.15) is 18.0 Å². The van der Waals surface area contributed by atoms with Crippen LogP contribution in [0.2, 0.25) is 0 Å². The van der Waals surface area contributed by atoms with Crippen LogP contribution >= 0.6 is 0 Å². The van der Waals surface area contributed by atoms with E-state index < -0.39 is 17.8 Å². The molecule has 1 aromatic carbocycles. The second kappa shape index (κ2) is 10.1. The van der Waals surface area contributed by atoms with Crippen LogP contribution in [0.15, 0.2) is 55.0 Å². The Morgan fingerprint density at radius 3 is 2.64 bits per heavy atom. The molecule has 10 nitrogen and oxygen atoms in total. The zero-order valence-corrected chi connectivity index (χ0v) is 19.7. The minimum Gasteiger partial charge on any atom is -0.494 e. The number of nitriles is 1. The standard InChI is InChI=1S/C25H21FN6O4/c1-15-10-17(24(33)31(9-8-27)18-5-6-19(26)21(11-18)35-2)14-32-20(13-29-23(15)32)16-4-7-22(28-12-16)30-25(34)36-3/h4-7,10-14H,9H2,1-3H3,(H,28,30,34). The number of ether oxygens (including phenoxy) is 2.